The lowest BCUT2D eigenvalue weighted by molar-refractivity contribution is -0.0262. The molecule has 1 amide bonds. The molecule has 1 unspecified atom stereocenters. The number of hydrogen-bond donors (Lipinski definition) is 0. The second-order valence-electron chi connectivity index (χ2n) is 6.05. The van der Waals surface area contributed by atoms with Crippen molar-refractivity contribution in [2.24, 2.45) is 5.92 Å². The van der Waals surface area contributed by atoms with Crippen LogP contribution in [0.2, 0.25) is 0 Å². The van der Waals surface area contributed by atoms with Gasteiger partial charge in [-0.2, -0.15) is 0 Å². The zero-order valence-electron chi connectivity index (χ0n) is 13.3. The van der Waals surface area contributed by atoms with E-state index in [0.29, 0.717) is 43.5 Å². The molecule has 5 nitrogen and oxygen atoms in total. The fourth-order valence-electron chi connectivity index (χ4n) is 2.68. The Bertz CT molecular complexity index is 456. The van der Waals surface area contributed by atoms with Crippen molar-refractivity contribution in [1.82, 2.24) is 9.88 Å². The molecular formula is C16H26N2O3. The Balaban J connectivity index is 1.90. The van der Waals surface area contributed by atoms with E-state index >= 15 is 0 Å². The number of carbonyl (C=O) groups excluding carboxylic acids is 1. The van der Waals surface area contributed by atoms with Crippen LogP contribution in [-0.4, -0.2) is 41.6 Å². The molecule has 118 valence electrons. The summed E-state index contributed by atoms with van der Waals surface area (Å²) in [4.78, 5) is 18.4. The number of aromatic nitrogens is 1. The van der Waals surface area contributed by atoms with E-state index in [4.69, 9.17) is 9.15 Å². The Morgan fingerprint density at radius 3 is 3.05 bits per heavy atom. The number of hydrogen-bond acceptors (Lipinski definition) is 4. The van der Waals surface area contributed by atoms with Crippen molar-refractivity contribution in [1.29, 1.82) is 0 Å². The monoisotopic (exact) mass is 294 g/mol. The van der Waals surface area contributed by atoms with Crippen molar-refractivity contribution in [3.8, 4) is 0 Å². The van der Waals surface area contributed by atoms with E-state index in [1.807, 2.05) is 11.8 Å². The number of rotatable bonds is 6. The lowest BCUT2D eigenvalue weighted by atomic mass is 10.0. The standard InChI is InChI=1S/C16H26N2O3/c1-4-14-15(17-11-21-14)16(19)18-8-9-20-13(10-18)7-5-6-12(2)3/h11-13H,4-10H2,1-3H3. The van der Waals surface area contributed by atoms with Gasteiger partial charge in [0.15, 0.2) is 12.1 Å². The molecule has 1 fully saturated rings. The first-order valence-electron chi connectivity index (χ1n) is 7.95. The van der Waals surface area contributed by atoms with Crippen molar-refractivity contribution >= 4 is 5.91 Å². The maximum Gasteiger partial charge on any atom is 0.276 e. The molecule has 2 rings (SSSR count). The van der Waals surface area contributed by atoms with Crippen LogP contribution in [0.4, 0.5) is 0 Å². The summed E-state index contributed by atoms with van der Waals surface area (Å²) >= 11 is 0. The van der Waals surface area contributed by atoms with Gasteiger partial charge in [0.1, 0.15) is 5.76 Å². The van der Waals surface area contributed by atoms with Crippen molar-refractivity contribution < 1.29 is 13.9 Å². The highest BCUT2D eigenvalue weighted by atomic mass is 16.5. The van der Waals surface area contributed by atoms with Crippen LogP contribution in [-0.2, 0) is 11.2 Å². The number of oxazole rings is 1. The Morgan fingerprint density at radius 1 is 1.52 bits per heavy atom. The lowest BCUT2D eigenvalue weighted by Gasteiger charge is -2.32. The number of amides is 1. The third kappa shape index (κ3) is 4.30. The van der Waals surface area contributed by atoms with Crippen LogP contribution in [0.1, 0.15) is 56.3 Å². The molecule has 1 atom stereocenters. The predicted octanol–water partition coefficient (Wildman–Crippen LogP) is 2.90. The molecule has 5 heteroatoms. The maximum atomic E-state index is 12.5. The summed E-state index contributed by atoms with van der Waals surface area (Å²) in [5.41, 5.74) is 0.459. The Kier molecular flexibility index (Phi) is 5.79. The van der Waals surface area contributed by atoms with Crippen molar-refractivity contribution in [2.75, 3.05) is 19.7 Å². The van der Waals surface area contributed by atoms with Gasteiger partial charge in [-0.15, -0.1) is 0 Å². The van der Waals surface area contributed by atoms with E-state index in [1.54, 1.807) is 0 Å². The Morgan fingerprint density at radius 2 is 2.33 bits per heavy atom. The summed E-state index contributed by atoms with van der Waals surface area (Å²) in [6, 6.07) is 0. The summed E-state index contributed by atoms with van der Waals surface area (Å²) < 4.78 is 11.0. The Hall–Kier alpha value is -1.36. The fourth-order valence-corrected chi connectivity index (χ4v) is 2.68. The third-order valence-electron chi connectivity index (χ3n) is 3.90. The molecule has 0 N–H and O–H groups in total. The molecule has 0 spiro atoms. The van der Waals surface area contributed by atoms with Crippen LogP contribution in [0.15, 0.2) is 10.8 Å². The van der Waals surface area contributed by atoms with E-state index in [1.165, 1.54) is 12.8 Å². The highest BCUT2D eigenvalue weighted by molar-refractivity contribution is 5.93. The van der Waals surface area contributed by atoms with Gasteiger partial charge >= 0.3 is 0 Å². The smallest absolute Gasteiger partial charge is 0.276 e. The normalized spacial score (nSPS) is 19.2. The van der Waals surface area contributed by atoms with Crippen molar-refractivity contribution in [3.05, 3.63) is 17.8 Å². The number of nitrogens with zero attached hydrogens (tertiary/aromatic N) is 2. The molecule has 1 saturated heterocycles. The molecule has 1 aromatic rings. The molecule has 1 aromatic heterocycles. The Labute approximate surface area is 126 Å². The van der Waals surface area contributed by atoms with E-state index in [0.717, 1.165) is 12.8 Å². The molecule has 2 heterocycles. The minimum atomic E-state index is -0.0299. The highest BCUT2D eigenvalue weighted by Crippen LogP contribution is 2.17. The third-order valence-corrected chi connectivity index (χ3v) is 3.90. The molecule has 0 bridgehead atoms. The summed E-state index contributed by atoms with van der Waals surface area (Å²) in [5, 5.41) is 0. The predicted molar refractivity (Wildman–Crippen MR) is 80.2 cm³/mol. The molecule has 0 radical (unpaired) electrons. The molecule has 21 heavy (non-hydrogen) atoms. The first-order valence-corrected chi connectivity index (χ1v) is 7.95. The van der Waals surface area contributed by atoms with Gasteiger partial charge in [0, 0.05) is 19.5 Å². The van der Waals surface area contributed by atoms with E-state index in [-0.39, 0.29) is 12.0 Å². The van der Waals surface area contributed by atoms with Crippen LogP contribution in [0, 0.1) is 5.92 Å². The SMILES string of the molecule is CCc1ocnc1C(=O)N1CCOC(CCCC(C)C)C1. The number of morpholine rings is 1. The molecule has 0 aliphatic carbocycles. The molecular weight excluding hydrogens is 268 g/mol. The van der Waals surface area contributed by atoms with Gasteiger partial charge in [0.25, 0.3) is 5.91 Å². The van der Waals surface area contributed by atoms with Crippen LogP contribution in [0.25, 0.3) is 0 Å². The summed E-state index contributed by atoms with van der Waals surface area (Å²) in [6.07, 6.45) is 5.56. The first kappa shape index (κ1) is 16.0. The van der Waals surface area contributed by atoms with Gasteiger partial charge < -0.3 is 14.1 Å². The van der Waals surface area contributed by atoms with Gasteiger partial charge in [0.05, 0.1) is 12.7 Å². The van der Waals surface area contributed by atoms with Crippen LogP contribution in [0.3, 0.4) is 0 Å². The van der Waals surface area contributed by atoms with E-state index in [9.17, 15) is 4.79 Å². The number of aryl methyl sites for hydroxylation is 1. The summed E-state index contributed by atoms with van der Waals surface area (Å²) in [7, 11) is 0. The topological polar surface area (TPSA) is 55.6 Å². The molecule has 0 saturated carbocycles. The minimum absolute atomic E-state index is 0.0299. The van der Waals surface area contributed by atoms with E-state index < -0.39 is 0 Å². The highest BCUT2D eigenvalue weighted by Gasteiger charge is 2.27. The fraction of sp³-hybridized carbons (Fsp3) is 0.750. The molecule has 1 aliphatic rings. The largest absolute Gasteiger partial charge is 0.448 e. The van der Waals surface area contributed by atoms with Gasteiger partial charge in [-0.05, 0) is 12.3 Å². The zero-order chi connectivity index (χ0) is 15.2. The number of carbonyl (C=O) groups is 1. The quantitative estimate of drug-likeness (QED) is 0.809. The van der Waals surface area contributed by atoms with Crippen LogP contribution in [0.5, 0.6) is 0 Å². The minimum Gasteiger partial charge on any atom is -0.448 e. The van der Waals surface area contributed by atoms with Crippen molar-refractivity contribution in [2.45, 2.75) is 52.6 Å². The van der Waals surface area contributed by atoms with E-state index in [2.05, 4.69) is 18.8 Å². The van der Waals surface area contributed by atoms with Gasteiger partial charge in [-0.1, -0.05) is 33.6 Å². The summed E-state index contributed by atoms with van der Waals surface area (Å²) in [6.45, 7) is 8.33. The summed E-state index contributed by atoms with van der Waals surface area (Å²) in [5.74, 6) is 1.36. The second kappa shape index (κ2) is 7.59. The van der Waals surface area contributed by atoms with Gasteiger partial charge in [-0.25, -0.2) is 4.98 Å². The first-order chi connectivity index (χ1) is 10.1. The van der Waals surface area contributed by atoms with Crippen LogP contribution >= 0.6 is 0 Å². The lowest BCUT2D eigenvalue weighted by Crippen LogP contribution is -2.45. The average molecular weight is 294 g/mol. The van der Waals surface area contributed by atoms with Crippen molar-refractivity contribution in [3.63, 3.8) is 0 Å². The zero-order valence-corrected chi connectivity index (χ0v) is 13.3. The van der Waals surface area contributed by atoms with Gasteiger partial charge in [-0.3, -0.25) is 4.79 Å². The van der Waals surface area contributed by atoms with Crippen LogP contribution < -0.4 is 0 Å². The number of ether oxygens (including phenoxy) is 1. The molecule has 1 aliphatic heterocycles. The average Bonchev–Trinajstić information content (AvgIpc) is 2.95. The second-order valence-corrected chi connectivity index (χ2v) is 6.05. The molecule has 0 aromatic carbocycles. The maximum absolute atomic E-state index is 12.5. The van der Waals surface area contributed by atoms with Gasteiger partial charge in [0.2, 0.25) is 0 Å².